The van der Waals surface area contributed by atoms with E-state index in [1.807, 2.05) is 12.1 Å². The molecule has 0 aliphatic heterocycles. The molecule has 0 amide bonds. The van der Waals surface area contributed by atoms with Gasteiger partial charge in [0.05, 0.1) is 0 Å². The predicted octanol–water partition coefficient (Wildman–Crippen LogP) is 2.80. The minimum Gasteiger partial charge on any atom is -0.385 e. The molecule has 0 saturated heterocycles. The van der Waals surface area contributed by atoms with Crippen molar-refractivity contribution in [2.75, 3.05) is 5.73 Å². The van der Waals surface area contributed by atoms with Crippen LogP contribution >= 0.6 is 0 Å². The molecular weight excluding hydrogens is 160 g/mol. The third kappa shape index (κ3) is 1.18. The Kier molecular flexibility index (Phi) is 1.76. The second-order valence-corrected chi connectivity index (χ2v) is 3.60. The number of aromatic nitrogens is 1. The van der Waals surface area contributed by atoms with Crippen LogP contribution in [0, 0.1) is 0 Å². The van der Waals surface area contributed by atoms with Crippen LogP contribution in [0.4, 0.5) is 5.82 Å². The van der Waals surface area contributed by atoms with E-state index in [1.165, 1.54) is 5.39 Å². The van der Waals surface area contributed by atoms with Crippen LogP contribution in [-0.4, -0.2) is 4.57 Å². The van der Waals surface area contributed by atoms with Crippen molar-refractivity contribution in [3.63, 3.8) is 0 Å². The molecule has 1 aromatic carbocycles. The first-order chi connectivity index (χ1) is 6.20. The van der Waals surface area contributed by atoms with E-state index in [9.17, 15) is 0 Å². The van der Waals surface area contributed by atoms with Gasteiger partial charge in [-0.2, -0.15) is 0 Å². The smallest absolute Gasteiger partial charge is 0.111 e. The van der Waals surface area contributed by atoms with E-state index < -0.39 is 0 Å². The molecule has 1 heterocycles. The summed E-state index contributed by atoms with van der Waals surface area (Å²) >= 11 is 0. The van der Waals surface area contributed by atoms with Crippen LogP contribution in [0.3, 0.4) is 0 Å². The van der Waals surface area contributed by atoms with Gasteiger partial charge >= 0.3 is 0 Å². The third-order valence-electron chi connectivity index (χ3n) is 2.35. The fraction of sp³-hybridized carbons (Fsp3) is 0.273. The largest absolute Gasteiger partial charge is 0.385 e. The van der Waals surface area contributed by atoms with Crippen LogP contribution in [0.5, 0.6) is 0 Å². The van der Waals surface area contributed by atoms with E-state index in [-0.39, 0.29) is 0 Å². The molecule has 0 spiro atoms. The van der Waals surface area contributed by atoms with Gasteiger partial charge in [-0.15, -0.1) is 0 Å². The molecule has 2 nitrogen and oxygen atoms in total. The predicted molar refractivity (Wildman–Crippen MR) is 56.7 cm³/mol. The number of nitrogen functional groups attached to an aromatic ring is 1. The second kappa shape index (κ2) is 2.80. The molecule has 2 aromatic rings. The molecule has 0 saturated carbocycles. The number of nitrogens with zero attached hydrogens (tertiary/aromatic N) is 1. The highest BCUT2D eigenvalue weighted by atomic mass is 15.1. The maximum atomic E-state index is 6.00. The molecule has 2 rings (SSSR count). The van der Waals surface area contributed by atoms with Gasteiger partial charge in [0, 0.05) is 23.0 Å². The zero-order chi connectivity index (χ0) is 9.42. The topological polar surface area (TPSA) is 30.9 Å². The lowest BCUT2D eigenvalue weighted by Crippen LogP contribution is -2.03. The van der Waals surface area contributed by atoms with Crippen molar-refractivity contribution >= 4 is 16.6 Å². The average Bonchev–Trinajstić information content (AvgIpc) is 2.45. The fourth-order valence-corrected chi connectivity index (χ4v) is 1.63. The third-order valence-corrected chi connectivity index (χ3v) is 2.35. The van der Waals surface area contributed by atoms with Crippen LogP contribution in [0.25, 0.3) is 10.8 Å². The van der Waals surface area contributed by atoms with E-state index in [1.54, 1.807) is 0 Å². The van der Waals surface area contributed by atoms with Crippen molar-refractivity contribution in [1.82, 2.24) is 4.57 Å². The van der Waals surface area contributed by atoms with E-state index in [4.69, 9.17) is 5.73 Å². The minimum atomic E-state index is 0.424. The van der Waals surface area contributed by atoms with Gasteiger partial charge in [0.25, 0.3) is 0 Å². The van der Waals surface area contributed by atoms with Crippen molar-refractivity contribution in [1.29, 1.82) is 0 Å². The Morgan fingerprint density at radius 3 is 2.54 bits per heavy atom. The van der Waals surface area contributed by atoms with Gasteiger partial charge in [0.1, 0.15) is 5.82 Å². The monoisotopic (exact) mass is 174 g/mol. The zero-order valence-electron chi connectivity index (χ0n) is 7.99. The number of hydrogen-bond donors (Lipinski definition) is 1. The first-order valence-corrected chi connectivity index (χ1v) is 4.55. The first kappa shape index (κ1) is 8.17. The highest BCUT2D eigenvalue weighted by Gasteiger charge is 2.06. The Morgan fingerprint density at radius 2 is 1.92 bits per heavy atom. The summed E-state index contributed by atoms with van der Waals surface area (Å²) in [6, 6.07) is 8.62. The quantitative estimate of drug-likeness (QED) is 0.708. The van der Waals surface area contributed by atoms with Crippen molar-refractivity contribution in [2.24, 2.45) is 0 Å². The highest BCUT2D eigenvalue weighted by Crippen LogP contribution is 2.25. The molecule has 0 aliphatic carbocycles. The van der Waals surface area contributed by atoms with Gasteiger partial charge in [-0.05, 0) is 13.8 Å². The van der Waals surface area contributed by atoms with Crippen LogP contribution in [0.1, 0.15) is 19.9 Å². The molecule has 13 heavy (non-hydrogen) atoms. The maximum Gasteiger partial charge on any atom is 0.111 e. The number of fused-ring (bicyclic) bond motifs is 1. The van der Waals surface area contributed by atoms with Crippen molar-refractivity contribution in [3.8, 4) is 0 Å². The van der Waals surface area contributed by atoms with E-state index in [0.29, 0.717) is 6.04 Å². The van der Waals surface area contributed by atoms with Gasteiger partial charge in [-0.25, -0.2) is 0 Å². The Balaban J connectivity index is 2.74. The van der Waals surface area contributed by atoms with E-state index in [2.05, 4.69) is 36.7 Å². The van der Waals surface area contributed by atoms with Crippen LogP contribution in [0.15, 0.2) is 30.5 Å². The number of nitrogens with two attached hydrogens (primary N) is 1. The average molecular weight is 174 g/mol. The number of rotatable bonds is 1. The molecule has 68 valence electrons. The number of anilines is 1. The standard InChI is InChI=1S/C11H14N2/c1-8(2)13-7-9-5-3-4-6-10(9)11(13)12/h3-8H,12H2,1-2H3. The molecule has 1 aromatic heterocycles. The molecular formula is C11H14N2. The van der Waals surface area contributed by atoms with Crippen LogP contribution in [0.2, 0.25) is 0 Å². The Labute approximate surface area is 78.0 Å². The van der Waals surface area contributed by atoms with Crippen LogP contribution < -0.4 is 5.73 Å². The normalized spacial score (nSPS) is 11.3. The SMILES string of the molecule is CC(C)n1cc2ccccc2c1N. The van der Waals surface area contributed by atoms with Crippen LogP contribution in [-0.2, 0) is 0 Å². The van der Waals surface area contributed by atoms with E-state index >= 15 is 0 Å². The summed E-state index contributed by atoms with van der Waals surface area (Å²) in [5, 5.41) is 2.37. The zero-order valence-corrected chi connectivity index (χ0v) is 7.99. The summed E-state index contributed by atoms with van der Waals surface area (Å²) in [5.41, 5.74) is 6.00. The highest BCUT2D eigenvalue weighted by molar-refractivity contribution is 5.92. The lowest BCUT2D eigenvalue weighted by molar-refractivity contribution is 0.614. The lowest BCUT2D eigenvalue weighted by Gasteiger charge is -2.08. The number of benzene rings is 1. The molecule has 2 heteroatoms. The molecule has 0 radical (unpaired) electrons. The van der Waals surface area contributed by atoms with Gasteiger partial charge in [0.2, 0.25) is 0 Å². The van der Waals surface area contributed by atoms with Gasteiger partial charge < -0.3 is 10.3 Å². The maximum absolute atomic E-state index is 6.00. The van der Waals surface area contributed by atoms with E-state index in [0.717, 1.165) is 11.2 Å². The van der Waals surface area contributed by atoms with Crippen molar-refractivity contribution in [3.05, 3.63) is 30.5 Å². The Morgan fingerprint density at radius 1 is 1.23 bits per heavy atom. The van der Waals surface area contributed by atoms with Gasteiger partial charge in [0.15, 0.2) is 0 Å². The van der Waals surface area contributed by atoms with Crippen molar-refractivity contribution < 1.29 is 0 Å². The first-order valence-electron chi connectivity index (χ1n) is 4.55. The minimum absolute atomic E-state index is 0.424. The Bertz CT molecular complexity index is 427. The van der Waals surface area contributed by atoms with Gasteiger partial charge in [-0.1, -0.05) is 24.3 Å². The summed E-state index contributed by atoms with van der Waals surface area (Å²) in [5.74, 6) is 0.866. The second-order valence-electron chi connectivity index (χ2n) is 3.60. The lowest BCUT2D eigenvalue weighted by atomic mass is 10.2. The molecule has 0 bridgehead atoms. The van der Waals surface area contributed by atoms with Gasteiger partial charge in [-0.3, -0.25) is 0 Å². The summed E-state index contributed by atoms with van der Waals surface area (Å²) < 4.78 is 2.10. The summed E-state index contributed by atoms with van der Waals surface area (Å²) in [4.78, 5) is 0. The fourth-order valence-electron chi connectivity index (χ4n) is 1.63. The number of hydrogen-bond acceptors (Lipinski definition) is 1. The molecule has 0 atom stereocenters. The Hall–Kier alpha value is -1.44. The van der Waals surface area contributed by atoms with Crippen molar-refractivity contribution in [2.45, 2.75) is 19.9 Å². The molecule has 2 N–H and O–H groups in total. The summed E-state index contributed by atoms with van der Waals surface area (Å²) in [6.45, 7) is 4.27. The summed E-state index contributed by atoms with van der Waals surface area (Å²) in [7, 11) is 0. The summed E-state index contributed by atoms with van der Waals surface area (Å²) in [6.07, 6.45) is 2.11. The molecule has 0 unspecified atom stereocenters. The molecule has 0 aliphatic rings. The molecule has 0 fully saturated rings.